The number of hydrogen-bond acceptors (Lipinski definition) is 2. The number of β-amino-alcohol motifs (C(OH)–C–C–N with tert-alkyl or cyclic N) is 1. The predicted octanol–water partition coefficient (Wildman–Crippen LogP) is 3.40. The fourth-order valence-corrected chi connectivity index (χ4v) is 3.41. The topological polar surface area (TPSA) is 23.5 Å². The maximum atomic E-state index is 9.49. The van der Waals surface area contributed by atoms with Crippen molar-refractivity contribution >= 4 is 10.8 Å². The molecule has 1 atom stereocenters. The van der Waals surface area contributed by atoms with Crippen LogP contribution >= 0.6 is 0 Å². The van der Waals surface area contributed by atoms with Crippen LogP contribution in [-0.4, -0.2) is 35.7 Å². The van der Waals surface area contributed by atoms with Crippen molar-refractivity contribution in [2.45, 2.75) is 31.8 Å². The average molecular weight is 269 g/mol. The van der Waals surface area contributed by atoms with E-state index in [2.05, 4.69) is 47.4 Å². The molecule has 0 saturated carbocycles. The lowest BCUT2D eigenvalue weighted by Gasteiger charge is -2.33. The van der Waals surface area contributed by atoms with Gasteiger partial charge in [0.25, 0.3) is 0 Å². The molecule has 1 saturated heterocycles. The van der Waals surface area contributed by atoms with E-state index in [1.165, 1.54) is 29.2 Å². The first-order valence-corrected chi connectivity index (χ1v) is 7.62. The van der Waals surface area contributed by atoms with Crippen molar-refractivity contribution in [1.82, 2.24) is 4.90 Å². The van der Waals surface area contributed by atoms with Crippen LogP contribution in [0.3, 0.4) is 0 Å². The Morgan fingerprint density at radius 3 is 2.55 bits per heavy atom. The molecule has 20 heavy (non-hydrogen) atoms. The lowest BCUT2D eigenvalue weighted by Crippen LogP contribution is -2.37. The number of fused-ring (bicyclic) bond motifs is 1. The fraction of sp³-hybridized carbons (Fsp3) is 0.444. The Bertz CT molecular complexity index is 565. The summed E-state index contributed by atoms with van der Waals surface area (Å²) >= 11 is 0. The highest BCUT2D eigenvalue weighted by Crippen LogP contribution is 2.32. The van der Waals surface area contributed by atoms with Gasteiger partial charge in [0.15, 0.2) is 0 Å². The lowest BCUT2D eigenvalue weighted by molar-refractivity contribution is 0.109. The maximum absolute atomic E-state index is 9.49. The molecular formula is C18H23NO. The molecule has 2 aromatic carbocycles. The number of nitrogens with zero attached hydrogens (tertiary/aromatic N) is 1. The summed E-state index contributed by atoms with van der Waals surface area (Å²) in [5, 5.41) is 12.2. The quantitative estimate of drug-likeness (QED) is 0.923. The van der Waals surface area contributed by atoms with Crippen molar-refractivity contribution in [3.05, 3.63) is 48.0 Å². The van der Waals surface area contributed by atoms with Crippen LogP contribution in [0.5, 0.6) is 0 Å². The molecule has 3 rings (SSSR count). The van der Waals surface area contributed by atoms with E-state index in [0.29, 0.717) is 5.92 Å². The highest BCUT2D eigenvalue weighted by atomic mass is 16.3. The Balaban J connectivity index is 1.77. The molecule has 2 aromatic rings. The van der Waals surface area contributed by atoms with Crippen LogP contribution in [-0.2, 0) is 0 Å². The van der Waals surface area contributed by atoms with Gasteiger partial charge in [-0.1, -0.05) is 42.5 Å². The summed E-state index contributed by atoms with van der Waals surface area (Å²) < 4.78 is 0. The molecule has 1 aliphatic heterocycles. The maximum Gasteiger partial charge on any atom is 0.0639 e. The monoisotopic (exact) mass is 269 g/mol. The molecular weight excluding hydrogens is 246 g/mol. The standard InChI is InChI=1S/C18H23NO/c1-14(20)13-19-11-9-16(10-12-19)18-8-4-6-15-5-2-3-7-17(15)18/h2-8,14,16,20H,9-13H2,1H3. The van der Waals surface area contributed by atoms with Crippen LogP contribution in [0, 0.1) is 0 Å². The van der Waals surface area contributed by atoms with E-state index < -0.39 is 0 Å². The van der Waals surface area contributed by atoms with Crippen LogP contribution in [0.1, 0.15) is 31.2 Å². The molecule has 2 nitrogen and oxygen atoms in total. The van der Waals surface area contributed by atoms with E-state index in [1.54, 1.807) is 0 Å². The molecule has 0 amide bonds. The van der Waals surface area contributed by atoms with E-state index in [0.717, 1.165) is 19.6 Å². The number of benzene rings is 2. The van der Waals surface area contributed by atoms with Crippen LogP contribution in [0.4, 0.5) is 0 Å². The SMILES string of the molecule is CC(O)CN1CCC(c2cccc3ccccc23)CC1. The Morgan fingerprint density at radius 2 is 1.80 bits per heavy atom. The number of hydrogen-bond donors (Lipinski definition) is 1. The smallest absolute Gasteiger partial charge is 0.0639 e. The van der Waals surface area contributed by atoms with Crippen LogP contribution < -0.4 is 0 Å². The molecule has 1 fully saturated rings. The largest absolute Gasteiger partial charge is 0.392 e. The number of aliphatic hydroxyl groups excluding tert-OH is 1. The van der Waals surface area contributed by atoms with Crippen LogP contribution in [0.15, 0.2) is 42.5 Å². The zero-order valence-electron chi connectivity index (χ0n) is 12.1. The van der Waals surface area contributed by atoms with Crippen molar-refractivity contribution in [2.24, 2.45) is 0 Å². The molecule has 106 valence electrons. The number of rotatable bonds is 3. The lowest BCUT2D eigenvalue weighted by atomic mass is 9.86. The number of aliphatic hydroxyl groups is 1. The molecule has 0 spiro atoms. The van der Waals surface area contributed by atoms with Crippen LogP contribution in [0.2, 0.25) is 0 Å². The van der Waals surface area contributed by atoms with Crippen molar-refractivity contribution in [2.75, 3.05) is 19.6 Å². The molecule has 0 aromatic heterocycles. The van der Waals surface area contributed by atoms with Gasteiger partial charge in [-0.2, -0.15) is 0 Å². The molecule has 0 radical (unpaired) electrons. The minimum atomic E-state index is -0.218. The summed E-state index contributed by atoms with van der Waals surface area (Å²) in [5.41, 5.74) is 1.50. The number of piperidine rings is 1. The van der Waals surface area contributed by atoms with Gasteiger partial charge in [-0.3, -0.25) is 0 Å². The van der Waals surface area contributed by atoms with Gasteiger partial charge in [-0.05, 0) is 55.1 Å². The minimum absolute atomic E-state index is 0.218. The summed E-state index contributed by atoms with van der Waals surface area (Å²) in [7, 11) is 0. The van der Waals surface area contributed by atoms with Crippen molar-refractivity contribution in [3.63, 3.8) is 0 Å². The van der Waals surface area contributed by atoms with Gasteiger partial charge in [-0.25, -0.2) is 0 Å². The zero-order chi connectivity index (χ0) is 13.9. The fourth-order valence-electron chi connectivity index (χ4n) is 3.41. The molecule has 0 aliphatic carbocycles. The summed E-state index contributed by atoms with van der Waals surface area (Å²) in [6, 6.07) is 15.3. The van der Waals surface area contributed by atoms with Crippen molar-refractivity contribution in [3.8, 4) is 0 Å². The Morgan fingerprint density at radius 1 is 1.10 bits per heavy atom. The summed E-state index contributed by atoms with van der Waals surface area (Å²) in [5.74, 6) is 0.659. The average Bonchev–Trinajstić information content (AvgIpc) is 2.47. The van der Waals surface area contributed by atoms with Gasteiger partial charge in [0, 0.05) is 6.54 Å². The molecule has 0 bridgehead atoms. The highest BCUT2D eigenvalue weighted by molar-refractivity contribution is 5.86. The molecule has 2 heteroatoms. The van der Waals surface area contributed by atoms with E-state index in [-0.39, 0.29) is 6.10 Å². The number of likely N-dealkylation sites (tertiary alicyclic amines) is 1. The third-order valence-electron chi connectivity index (χ3n) is 4.37. The minimum Gasteiger partial charge on any atom is -0.392 e. The predicted molar refractivity (Wildman–Crippen MR) is 84.0 cm³/mol. The van der Waals surface area contributed by atoms with Gasteiger partial charge in [0.05, 0.1) is 6.10 Å². The van der Waals surface area contributed by atoms with Crippen molar-refractivity contribution in [1.29, 1.82) is 0 Å². The Kier molecular flexibility index (Phi) is 4.04. The third-order valence-corrected chi connectivity index (χ3v) is 4.37. The van der Waals surface area contributed by atoms with Gasteiger partial charge in [0.1, 0.15) is 0 Å². The first-order valence-electron chi connectivity index (χ1n) is 7.62. The Labute approximate surface area is 121 Å². The third kappa shape index (κ3) is 2.87. The van der Waals surface area contributed by atoms with Gasteiger partial charge in [0.2, 0.25) is 0 Å². The second-order valence-corrected chi connectivity index (χ2v) is 5.99. The second-order valence-electron chi connectivity index (χ2n) is 5.99. The second kappa shape index (κ2) is 5.94. The highest BCUT2D eigenvalue weighted by Gasteiger charge is 2.22. The molecule has 1 N–H and O–H groups in total. The first-order chi connectivity index (χ1) is 9.74. The zero-order valence-corrected chi connectivity index (χ0v) is 12.1. The summed E-state index contributed by atoms with van der Waals surface area (Å²) in [6.45, 7) is 4.87. The van der Waals surface area contributed by atoms with Gasteiger partial charge in [-0.15, -0.1) is 0 Å². The Hall–Kier alpha value is -1.38. The molecule has 1 aliphatic rings. The molecule has 1 heterocycles. The summed E-state index contributed by atoms with van der Waals surface area (Å²) in [6.07, 6.45) is 2.17. The van der Waals surface area contributed by atoms with Crippen LogP contribution in [0.25, 0.3) is 10.8 Å². The van der Waals surface area contributed by atoms with Gasteiger partial charge >= 0.3 is 0 Å². The van der Waals surface area contributed by atoms with Crippen molar-refractivity contribution < 1.29 is 5.11 Å². The summed E-state index contributed by atoms with van der Waals surface area (Å²) in [4.78, 5) is 2.38. The van der Waals surface area contributed by atoms with E-state index in [9.17, 15) is 5.11 Å². The molecule has 1 unspecified atom stereocenters. The van der Waals surface area contributed by atoms with Gasteiger partial charge < -0.3 is 10.0 Å². The first kappa shape index (κ1) is 13.6. The van der Waals surface area contributed by atoms with E-state index in [1.807, 2.05) is 6.92 Å². The van der Waals surface area contributed by atoms with E-state index in [4.69, 9.17) is 0 Å². The van der Waals surface area contributed by atoms with E-state index >= 15 is 0 Å². The normalized spacial score (nSPS) is 19.3.